The number of rotatable bonds is 6. The van der Waals surface area contributed by atoms with Gasteiger partial charge >= 0.3 is 0 Å². The molecule has 0 atom stereocenters. The van der Waals surface area contributed by atoms with Gasteiger partial charge in [-0.3, -0.25) is 0 Å². The van der Waals surface area contributed by atoms with Crippen molar-refractivity contribution < 1.29 is 16.8 Å². The molecule has 0 saturated carbocycles. The van der Waals surface area contributed by atoms with E-state index in [9.17, 15) is 16.8 Å². The topological polar surface area (TPSA) is 92.3 Å². The van der Waals surface area contributed by atoms with Crippen LogP contribution in [0.5, 0.6) is 0 Å². The number of hydrogen-bond acceptors (Lipinski definition) is 4. The number of nitrogens with one attached hydrogen (secondary N) is 2. The minimum Gasteiger partial charge on any atom is -0.212 e. The van der Waals surface area contributed by atoms with E-state index in [4.69, 9.17) is 10.7 Å². The van der Waals surface area contributed by atoms with Crippen molar-refractivity contribution in [3.05, 3.63) is 0 Å². The second kappa shape index (κ2) is 5.26. The largest absolute Gasteiger partial charge is 0.277 e. The van der Waals surface area contributed by atoms with E-state index in [0.717, 1.165) is 0 Å². The molecule has 86 valence electrons. The molecule has 0 bridgehead atoms. The van der Waals surface area contributed by atoms with Crippen molar-refractivity contribution in [3.63, 3.8) is 0 Å². The summed E-state index contributed by atoms with van der Waals surface area (Å²) in [4.78, 5) is 0. The maximum atomic E-state index is 11.1. The third-order valence-electron chi connectivity index (χ3n) is 1.03. The fourth-order valence-corrected chi connectivity index (χ4v) is 2.43. The van der Waals surface area contributed by atoms with Crippen LogP contribution in [0.2, 0.25) is 0 Å². The first-order chi connectivity index (χ1) is 6.12. The lowest BCUT2D eigenvalue weighted by atomic mass is 10.4. The fourth-order valence-electron chi connectivity index (χ4n) is 0.650. The molecule has 0 amide bonds. The van der Waals surface area contributed by atoms with Crippen molar-refractivity contribution in [1.82, 2.24) is 9.44 Å². The first-order valence-corrected chi connectivity index (χ1v) is 7.78. The molecule has 0 aromatic carbocycles. The summed E-state index contributed by atoms with van der Waals surface area (Å²) in [5.41, 5.74) is 0. The van der Waals surface area contributed by atoms with Crippen LogP contribution in [-0.2, 0) is 19.3 Å². The molecule has 0 heterocycles. The lowest BCUT2D eigenvalue weighted by Crippen LogP contribution is -2.41. The number of halogens is 1. The first kappa shape index (κ1) is 14.1. The predicted octanol–water partition coefficient (Wildman–Crippen LogP) is -0.613. The van der Waals surface area contributed by atoms with E-state index in [1.54, 1.807) is 13.8 Å². The van der Waals surface area contributed by atoms with Crippen molar-refractivity contribution in [2.24, 2.45) is 0 Å². The average Bonchev–Trinajstić information content (AvgIpc) is 1.78. The summed E-state index contributed by atoms with van der Waals surface area (Å²) in [6, 6.07) is -0.250. The minimum absolute atomic E-state index is 0.242. The smallest absolute Gasteiger partial charge is 0.212 e. The molecule has 14 heavy (non-hydrogen) atoms. The van der Waals surface area contributed by atoms with E-state index in [1.165, 1.54) is 0 Å². The molecule has 9 heteroatoms. The molecule has 0 aromatic heterocycles. The standard InChI is InChI=1S/C5H13ClN2O4S2/c1-5(2)8-14(11,12)7-3-4-13(6,9)10/h5,7-8H,3-4H2,1-2H3. The maximum absolute atomic E-state index is 11.1. The maximum Gasteiger partial charge on any atom is 0.277 e. The van der Waals surface area contributed by atoms with Gasteiger partial charge in [-0.1, -0.05) is 0 Å². The SMILES string of the molecule is CC(C)NS(=O)(=O)NCCS(=O)(=O)Cl. The highest BCUT2D eigenvalue weighted by Gasteiger charge is 2.12. The van der Waals surface area contributed by atoms with Gasteiger partial charge in [-0.15, -0.1) is 0 Å². The average molecular weight is 265 g/mol. The molecular formula is C5H13ClN2O4S2. The number of hydrogen-bond donors (Lipinski definition) is 2. The monoisotopic (exact) mass is 264 g/mol. The Morgan fingerprint density at radius 2 is 1.71 bits per heavy atom. The minimum atomic E-state index is -3.66. The van der Waals surface area contributed by atoms with Crippen LogP contribution in [-0.4, -0.2) is 35.2 Å². The van der Waals surface area contributed by atoms with Gasteiger partial charge in [0, 0.05) is 23.3 Å². The molecule has 0 aliphatic carbocycles. The quantitative estimate of drug-likeness (QED) is 0.626. The molecule has 0 unspecified atom stereocenters. The third kappa shape index (κ3) is 8.70. The Labute approximate surface area is 88.6 Å². The molecule has 0 rings (SSSR count). The van der Waals surface area contributed by atoms with E-state index in [2.05, 4.69) is 4.72 Å². The third-order valence-corrected chi connectivity index (χ3v) is 3.55. The lowest BCUT2D eigenvalue weighted by Gasteiger charge is -2.09. The summed E-state index contributed by atoms with van der Waals surface area (Å²) in [6.07, 6.45) is 0. The summed E-state index contributed by atoms with van der Waals surface area (Å²) in [6.45, 7) is 3.06. The Kier molecular flexibility index (Phi) is 5.31. The Morgan fingerprint density at radius 1 is 1.21 bits per heavy atom. The van der Waals surface area contributed by atoms with E-state index < -0.39 is 25.0 Å². The molecule has 0 aliphatic heterocycles. The molecular weight excluding hydrogens is 252 g/mol. The van der Waals surface area contributed by atoms with Gasteiger partial charge in [-0.2, -0.15) is 13.1 Å². The zero-order valence-corrected chi connectivity index (χ0v) is 10.2. The molecule has 0 fully saturated rings. The second-order valence-corrected chi connectivity index (χ2v) is 7.34. The van der Waals surface area contributed by atoms with Gasteiger partial charge in [0.15, 0.2) is 0 Å². The fraction of sp³-hybridized carbons (Fsp3) is 1.00. The van der Waals surface area contributed by atoms with Gasteiger partial charge in [-0.05, 0) is 13.8 Å². The highest BCUT2D eigenvalue weighted by Crippen LogP contribution is 1.94. The van der Waals surface area contributed by atoms with Crippen molar-refractivity contribution >= 4 is 29.9 Å². The van der Waals surface area contributed by atoms with Gasteiger partial charge in [0.2, 0.25) is 9.05 Å². The summed E-state index contributed by atoms with van der Waals surface area (Å²) in [5.74, 6) is -0.437. The van der Waals surface area contributed by atoms with Gasteiger partial charge in [0.05, 0.1) is 5.75 Å². The molecule has 0 radical (unpaired) electrons. The Bertz CT molecular complexity index is 361. The zero-order valence-electron chi connectivity index (χ0n) is 7.82. The van der Waals surface area contributed by atoms with Crippen LogP contribution in [0.4, 0.5) is 0 Å². The summed E-state index contributed by atoms with van der Waals surface area (Å²) in [5, 5.41) is 0. The van der Waals surface area contributed by atoms with Crippen LogP contribution in [0.25, 0.3) is 0 Å². The van der Waals surface area contributed by atoms with Crippen LogP contribution in [0, 0.1) is 0 Å². The first-order valence-electron chi connectivity index (χ1n) is 3.81. The van der Waals surface area contributed by atoms with Crippen molar-refractivity contribution in [2.75, 3.05) is 12.3 Å². The van der Waals surface area contributed by atoms with Crippen molar-refractivity contribution in [1.29, 1.82) is 0 Å². The van der Waals surface area contributed by atoms with Gasteiger partial charge < -0.3 is 0 Å². The highest BCUT2D eigenvalue weighted by atomic mass is 35.7. The summed E-state index contributed by atoms with van der Waals surface area (Å²) < 4.78 is 47.3. The van der Waals surface area contributed by atoms with Gasteiger partial charge in [-0.25, -0.2) is 13.1 Å². The van der Waals surface area contributed by atoms with Crippen LogP contribution < -0.4 is 9.44 Å². The molecule has 2 N–H and O–H groups in total. The zero-order chi connectivity index (χ0) is 11.4. The highest BCUT2D eigenvalue weighted by molar-refractivity contribution is 8.13. The predicted molar refractivity (Wildman–Crippen MR) is 54.8 cm³/mol. The second-order valence-electron chi connectivity index (χ2n) is 2.91. The van der Waals surface area contributed by atoms with Crippen molar-refractivity contribution in [2.45, 2.75) is 19.9 Å². The van der Waals surface area contributed by atoms with Crippen LogP contribution in [0.15, 0.2) is 0 Å². The van der Waals surface area contributed by atoms with Crippen LogP contribution in [0.3, 0.4) is 0 Å². The van der Waals surface area contributed by atoms with E-state index in [-0.39, 0.29) is 12.6 Å². The van der Waals surface area contributed by atoms with E-state index in [0.29, 0.717) is 0 Å². The van der Waals surface area contributed by atoms with E-state index in [1.807, 2.05) is 4.72 Å². The normalized spacial score (nSPS) is 13.4. The molecule has 0 aromatic rings. The summed E-state index contributed by atoms with van der Waals surface area (Å²) >= 11 is 0. The Balaban J connectivity index is 4.02. The molecule has 0 saturated heterocycles. The molecule has 0 spiro atoms. The van der Waals surface area contributed by atoms with Gasteiger partial charge in [0.25, 0.3) is 10.2 Å². The van der Waals surface area contributed by atoms with Gasteiger partial charge in [0.1, 0.15) is 0 Å². The van der Waals surface area contributed by atoms with E-state index >= 15 is 0 Å². The molecule has 0 aliphatic rings. The molecule has 6 nitrogen and oxygen atoms in total. The lowest BCUT2D eigenvalue weighted by molar-refractivity contribution is 0.557. The Morgan fingerprint density at radius 3 is 2.07 bits per heavy atom. The van der Waals surface area contributed by atoms with Crippen LogP contribution in [0.1, 0.15) is 13.8 Å². The van der Waals surface area contributed by atoms with Crippen LogP contribution >= 0.6 is 10.7 Å². The Hall–Kier alpha value is 0.110. The van der Waals surface area contributed by atoms with Crippen molar-refractivity contribution in [3.8, 4) is 0 Å². The summed E-state index contributed by atoms with van der Waals surface area (Å²) in [7, 11) is -2.40.